The summed E-state index contributed by atoms with van der Waals surface area (Å²) in [7, 11) is 0. The Kier molecular flexibility index (Phi) is 3.87. The number of benzene rings is 1. The van der Waals surface area contributed by atoms with Gasteiger partial charge in [0.05, 0.1) is 6.07 Å². The number of hydrogen-bond donors (Lipinski definition) is 1. The second-order valence-corrected chi connectivity index (χ2v) is 3.66. The molecular weight excluding hydrogens is 188 g/mol. The third-order valence-electron chi connectivity index (χ3n) is 2.08. The average Bonchev–Trinajstić information content (AvgIpc) is 2.18. The molecule has 0 radical (unpaired) electrons. The molecule has 1 aromatic carbocycles. The number of nitriles is 1. The number of amides is 1. The van der Waals surface area contributed by atoms with Crippen molar-refractivity contribution in [3.63, 3.8) is 0 Å². The first-order valence-electron chi connectivity index (χ1n) is 4.90. The molecule has 78 valence electrons. The molecule has 1 rings (SSSR count). The molecule has 1 amide bonds. The van der Waals surface area contributed by atoms with E-state index in [0.717, 1.165) is 5.69 Å². The summed E-state index contributed by atoms with van der Waals surface area (Å²) in [6.45, 7) is 4.19. The molecule has 0 atom stereocenters. The monoisotopic (exact) mass is 202 g/mol. The van der Waals surface area contributed by atoms with Crippen molar-refractivity contribution < 1.29 is 4.79 Å². The molecule has 0 spiro atoms. The summed E-state index contributed by atoms with van der Waals surface area (Å²) in [5.74, 6) is 0.163. The number of carbonyl (C=O) groups excluding carboxylic acids is 1. The Morgan fingerprint density at radius 3 is 2.87 bits per heavy atom. The molecule has 0 aliphatic rings. The zero-order valence-corrected chi connectivity index (χ0v) is 8.95. The quantitative estimate of drug-likeness (QED) is 0.819. The Morgan fingerprint density at radius 2 is 2.27 bits per heavy atom. The minimum absolute atomic E-state index is 0.105. The molecule has 0 aliphatic carbocycles. The lowest BCUT2D eigenvalue weighted by molar-refractivity contribution is -0.115. The normalized spacial score (nSPS) is 9.73. The molecule has 0 unspecified atom stereocenters. The van der Waals surface area contributed by atoms with Gasteiger partial charge in [-0.05, 0) is 23.6 Å². The number of nitrogens with one attached hydrogen (secondary N) is 1. The molecule has 0 heterocycles. The lowest BCUT2D eigenvalue weighted by atomic mass is 10.0. The van der Waals surface area contributed by atoms with E-state index in [9.17, 15) is 4.79 Å². The molecule has 0 saturated heterocycles. The van der Waals surface area contributed by atoms with Gasteiger partial charge in [0.1, 0.15) is 6.42 Å². The van der Waals surface area contributed by atoms with Crippen LogP contribution in [0.3, 0.4) is 0 Å². The number of rotatable bonds is 3. The van der Waals surface area contributed by atoms with Crippen molar-refractivity contribution in [3.8, 4) is 6.07 Å². The topological polar surface area (TPSA) is 52.9 Å². The third-order valence-corrected chi connectivity index (χ3v) is 2.08. The van der Waals surface area contributed by atoms with Crippen LogP contribution >= 0.6 is 0 Å². The van der Waals surface area contributed by atoms with E-state index in [1.807, 2.05) is 30.3 Å². The van der Waals surface area contributed by atoms with Crippen LogP contribution < -0.4 is 5.32 Å². The van der Waals surface area contributed by atoms with Crippen LogP contribution in [0.2, 0.25) is 0 Å². The van der Waals surface area contributed by atoms with Crippen LogP contribution in [0, 0.1) is 11.3 Å². The number of anilines is 1. The highest BCUT2D eigenvalue weighted by Gasteiger charge is 2.03. The van der Waals surface area contributed by atoms with Crippen molar-refractivity contribution in [1.82, 2.24) is 0 Å². The predicted octanol–water partition coefficient (Wildman–Crippen LogP) is 2.66. The number of carbonyl (C=O) groups is 1. The minimum Gasteiger partial charge on any atom is -0.325 e. The van der Waals surface area contributed by atoms with Crippen molar-refractivity contribution in [2.75, 3.05) is 5.32 Å². The summed E-state index contributed by atoms with van der Waals surface area (Å²) in [5, 5.41) is 11.0. The van der Waals surface area contributed by atoms with Crippen LogP contribution in [-0.4, -0.2) is 5.91 Å². The van der Waals surface area contributed by atoms with E-state index in [1.54, 1.807) is 0 Å². The summed E-state index contributed by atoms with van der Waals surface area (Å²) < 4.78 is 0. The van der Waals surface area contributed by atoms with Crippen molar-refractivity contribution in [3.05, 3.63) is 29.8 Å². The third kappa shape index (κ3) is 3.43. The Bertz CT molecular complexity index is 391. The van der Waals surface area contributed by atoms with E-state index in [2.05, 4.69) is 19.2 Å². The fourth-order valence-corrected chi connectivity index (χ4v) is 1.25. The fraction of sp³-hybridized carbons (Fsp3) is 0.333. The van der Waals surface area contributed by atoms with Crippen molar-refractivity contribution >= 4 is 11.6 Å². The van der Waals surface area contributed by atoms with Crippen molar-refractivity contribution in [2.24, 2.45) is 0 Å². The first kappa shape index (κ1) is 11.3. The van der Waals surface area contributed by atoms with E-state index < -0.39 is 0 Å². The smallest absolute Gasteiger partial charge is 0.238 e. The van der Waals surface area contributed by atoms with Crippen LogP contribution in [0.15, 0.2) is 24.3 Å². The zero-order chi connectivity index (χ0) is 11.3. The molecule has 0 bridgehead atoms. The van der Waals surface area contributed by atoms with Crippen LogP contribution in [0.1, 0.15) is 31.7 Å². The van der Waals surface area contributed by atoms with Gasteiger partial charge in [-0.2, -0.15) is 5.26 Å². The highest BCUT2D eigenvalue weighted by molar-refractivity contribution is 5.92. The summed E-state index contributed by atoms with van der Waals surface area (Å²) in [6.07, 6.45) is -0.105. The van der Waals surface area contributed by atoms with Gasteiger partial charge in [-0.3, -0.25) is 4.79 Å². The lowest BCUT2D eigenvalue weighted by Crippen LogP contribution is -2.10. The van der Waals surface area contributed by atoms with Crippen LogP contribution in [0.4, 0.5) is 5.69 Å². The van der Waals surface area contributed by atoms with Crippen LogP contribution in [0.25, 0.3) is 0 Å². The van der Waals surface area contributed by atoms with Crippen LogP contribution in [-0.2, 0) is 4.79 Å². The second kappa shape index (κ2) is 5.16. The maximum Gasteiger partial charge on any atom is 0.238 e. The van der Waals surface area contributed by atoms with Gasteiger partial charge in [0.2, 0.25) is 5.91 Å². The molecule has 15 heavy (non-hydrogen) atoms. The maximum absolute atomic E-state index is 11.2. The Labute approximate surface area is 89.7 Å². The molecule has 3 heteroatoms. The van der Waals surface area contributed by atoms with Gasteiger partial charge >= 0.3 is 0 Å². The molecule has 0 aromatic heterocycles. The Morgan fingerprint density at radius 1 is 1.53 bits per heavy atom. The largest absolute Gasteiger partial charge is 0.325 e. The van der Waals surface area contributed by atoms with Crippen LogP contribution in [0.5, 0.6) is 0 Å². The minimum atomic E-state index is -0.265. The Balaban J connectivity index is 2.74. The van der Waals surface area contributed by atoms with Gasteiger partial charge < -0.3 is 5.32 Å². The molecule has 3 nitrogen and oxygen atoms in total. The van der Waals surface area contributed by atoms with Crippen molar-refractivity contribution in [2.45, 2.75) is 26.2 Å². The average molecular weight is 202 g/mol. The fourth-order valence-electron chi connectivity index (χ4n) is 1.25. The Hall–Kier alpha value is -1.82. The standard InChI is InChI=1S/C12H14N2O/c1-9(2)10-4-3-5-11(8-10)14-12(15)6-7-13/h3-5,8-9H,6H2,1-2H3,(H,14,15). The molecule has 0 saturated carbocycles. The number of nitrogens with zero attached hydrogens (tertiary/aromatic N) is 1. The predicted molar refractivity (Wildman–Crippen MR) is 59.4 cm³/mol. The van der Waals surface area contributed by atoms with E-state index in [1.165, 1.54) is 5.56 Å². The van der Waals surface area contributed by atoms with Gasteiger partial charge in [0.25, 0.3) is 0 Å². The van der Waals surface area contributed by atoms with E-state index in [-0.39, 0.29) is 12.3 Å². The summed E-state index contributed by atoms with van der Waals surface area (Å²) in [6, 6.07) is 9.48. The van der Waals surface area contributed by atoms with E-state index in [0.29, 0.717) is 5.92 Å². The van der Waals surface area contributed by atoms with Gasteiger partial charge in [0, 0.05) is 5.69 Å². The lowest BCUT2D eigenvalue weighted by Gasteiger charge is -2.08. The molecule has 1 aromatic rings. The van der Waals surface area contributed by atoms with Gasteiger partial charge in [-0.25, -0.2) is 0 Å². The molecule has 0 aliphatic heterocycles. The highest BCUT2D eigenvalue weighted by Crippen LogP contribution is 2.18. The van der Waals surface area contributed by atoms with Crippen molar-refractivity contribution in [1.29, 1.82) is 5.26 Å². The highest BCUT2D eigenvalue weighted by atomic mass is 16.1. The van der Waals surface area contributed by atoms with Gasteiger partial charge in [0.15, 0.2) is 0 Å². The van der Waals surface area contributed by atoms with Gasteiger partial charge in [-0.15, -0.1) is 0 Å². The van der Waals surface area contributed by atoms with E-state index in [4.69, 9.17) is 5.26 Å². The summed E-state index contributed by atoms with van der Waals surface area (Å²) in [4.78, 5) is 11.2. The summed E-state index contributed by atoms with van der Waals surface area (Å²) in [5.41, 5.74) is 1.92. The van der Waals surface area contributed by atoms with Gasteiger partial charge in [-0.1, -0.05) is 26.0 Å². The second-order valence-electron chi connectivity index (χ2n) is 3.66. The SMILES string of the molecule is CC(C)c1cccc(NC(=O)CC#N)c1. The first-order valence-corrected chi connectivity index (χ1v) is 4.90. The first-order chi connectivity index (χ1) is 7.13. The molecule has 1 N–H and O–H groups in total. The summed E-state index contributed by atoms with van der Waals surface area (Å²) >= 11 is 0. The maximum atomic E-state index is 11.2. The zero-order valence-electron chi connectivity index (χ0n) is 8.95. The molecular formula is C12H14N2O. The molecule has 0 fully saturated rings. The van der Waals surface area contributed by atoms with E-state index >= 15 is 0 Å². The number of hydrogen-bond acceptors (Lipinski definition) is 2.